The van der Waals surface area contributed by atoms with E-state index in [4.69, 9.17) is 5.84 Å². The molecule has 21 heavy (non-hydrogen) atoms. The first kappa shape index (κ1) is 17.8. The van der Waals surface area contributed by atoms with Crippen molar-refractivity contribution in [2.45, 2.75) is 39.2 Å². The normalized spacial score (nSPS) is 12.0. The number of aryl methyl sites for hydroxylation is 1. The van der Waals surface area contributed by atoms with Crippen LogP contribution in [-0.4, -0.2) is 40.9 Å². The smallest absolute Gasteiger partial charge is 0.254 e. The number of nitrogens with one attached hydrogen (secondary N) is 1. The van der Waals surface area contributed by atoms with Crippen LogP contribution in [0, 0.1) is 0 Å². The minimum absolute atomic E-state index is 0.0138. The Labute approximate surface area is 131 Å². The average Bonchev–Trinajstić information content (AvgIpc) is 2.50. The van der Waals surface area contributed by atoms with E-state index in [0.29, 0.717) is 11.4 Å². The number of rotatable bonds is 8. The lowest BCUT2D eigenvalue weighted by Gasteiger charge is -2.25. The molecule has 1 aromatic heterocycles. The third kappa shape index (κ3) is 5.21. The Hall–Kier alpha value is -1.27. The lowest BCUT2D eigenvalue weighted by Crippen LogP contribution is -2.35. The Morgan fingerprint density at radius 3 is 2.81 bits per heavy atom. The van der Waals surface area contributed by atoms with E-state index in [9.17, 15) is 4.79 Å². The number of hydrogen-bond donors (Lipinski definition) is 2. The van der Waals surface area contributed by atoms with Gasteiger partial charge in [-0.2, -0.15) is 11.8 Å². The average molecular weight is 310 g/mol. The summed E-state index contributed by atoms with van der Waals surface area (Å²) in [4.78, 5) is 18.8. The lowest BCUT2D eigenvalue weighted by atomic mass is 10.1. The fourth-order valence-electron chi connectivity index (χ4n) is 2.06. The highest BCUT2D eigenvalue weighted by molar-refractivity contribution is 7.98. The molecule has 0 aliphatic rings. The first-order valence-corrected chi connectivity index (χ1v) is 8.66. The molecule has 1 aromatic rings. The molecule has 6 heteroatoms. The highest BCUT2D eigenvalue weighted by Crippen LogP contribution is 2.15. The van der Waals surface area contributed by atoms with E-state index in [0.717, 1.165) is 30.7 Å². The fourth-order valence-corrected chi connectivity index (χ4v) is 2.63. The second-order valence-corrected chi connectivity index (χ2v) is 6.16. The van der Waals surface area contributed by atoms with E-state index in [-0.39, 0.29) is 11.9 Å². The lowest BCUT2D eigenvalue weighted by molar-refractivity contribution is 0.0741. The zero-order chi connectivity index (χ0) is 15.8. The van der Waals surface area contributed by atoms with Crippen LogP contribution in [0.15, 0.2) is 12.1 Å². The largest absolute Gasteiger partial charge is 0.339 e. The van der Waals surface area contributed by atoms with Crippen molar-refractivity contribution in [1.29, 1.82) is 0 Å². The first-order valence-electron chi connectivity index (χ1n) is 7.27. The minimum Gasteiger partial charge on any atom is -0.339 e. The van der Waals surface area contributed by atoms with Gasteiger partial charge in [0.25, 0.3) is 5.91 Å². The number of nitrogens with two attached hydrogens (primary N) is 1. The number of nitrogen functional groups attached to an aromatic ring is 1. The number of hydrazine groups is 1. The maximum Gasteiger partial charge on any atom is 0.254 e. The first-order chi connectivity index (χ1) is 10.0. The van der Waals surface area contributed by atoms with Gasteiger partial charge in [0.2, 0.25) is 0 Å². The molecule has 0 bridgehead atoms. The van der Waals surface area contributed by atoms with Crippen LogP contribution >= 0.6 is 11.8 Å². The molecule has 0 saturated heterocycles. The van der Waals surface area contributed by atoms with E-state index >= 15 is 0 Å². The maximum absolute atomic E-state index is 12.6. The summed E-state index contributed by atoms with van der Waals surface area (Å²) in [5.74, 6) is 7.04. The summed E-state index contributed by atoms with van der Waals surface area (Å²) in [6.45, 7) is 4.16. The molecule has 0 spiro atoms. The van der Waals surface area contributed by atoms with Gasteiger partial charge in [-0.25, -0.2) is 10.8 Å². The molecular formula is C15H26N4OS. The molecule has 0 aliphatic carbocycles. The van der Waals surface area contributed by atoms with E-state index in [1.807, 2.05) is 13.1 Å². The van der Waals surface area contributed by atoms with Crippen molar-refractivity contribution in [3.05, 3.63) is 23.4 Å². The zero-order valence-electron chi connectivity index (χ0n) is 13.3. The molecular weight excluding hydrogens is 284 g/mol. The molecule has 0 fully saturated rings. The third-order valence-corrected chi connectivity index (χ3v) is 4.14. The van der Waals surface area contributed by atoms with Crippen LogP contribution in [0.1, 0.15) is 42.7 Å². The summed E-state index contributed by atoms with van der Waals surface area (Å²) < 4.78 is 0. The van der Waals surface area contributed by atoms with Gasteiger partial charge in [-0.05, 0) is 43.9 Å². The van der Waals surface area contributed by atoms with Crippen LogP contribution < -0.4 is 11.3 Å². The van der Waals surface area contributed by atoms with Crippen molar-refractivity contribution in [3.63, 3.8) is 0 Å². The Balaban J connectivity index is 2.91. The van der Waals surface area contributed by atoms with Gasteiger partial charge in [0.15, 0.2) is 0 Å². The summed E-state index contributed by atoms with van der Waals surface area (Å²) in [7, 11) is 1.85. The van der Waals surface area contributed by atoms with Gasteiger partial charge in [0.05, 0.1) is 0 Å². The molecule has 1 amide bonds. The van der Waals surface area contributed by atoms with Gasteiger partial charge in [-0.3, -0.25) is 4.79 Å². The SMILES string of the molecule is CCCc1cc(C(=O)N(C)C(C)CCSC)cc(NN)n1. The molecule has 5 nitrogen and oxygen atoms in total. The van der Waals surface area contributed by atoms with Crippen LogP contribution in [0.5, 0.6) is 0 Å². The molecule has 1 unspecified atom stereocenters. The third-order valence-electron chi connectivity index (χ3n) is 3.50. The Kier molecular flexibility index (Phi) is 7.53. The number of carbonyl (C=O) groups excluding carboxylic acids is 1. The van der Waals surface area contributed by atoms with Crippen LogP contribution in [0.25, 0.3) is 0 Å². The number of amides is 1. The second-order valence-electron chi connectivity index (χ2n) is 5.17. The van der Waals surface area contributed by atoms with Crippen LogP contribution in [0.3, 0.4) is 0 Å². The number of carbonyl (C=O) groups is 1. The van der Waals surface area contributed by atoms with Gasteiger partial charge in [0, 0.05) is 24.3 Å². The van der Waals surface area contributed by atoms with E-state index in [1.165, 1.54) is 0 Å². The summed E-state index contributed by atoms with van der Waals surface area (Å²) in [6, 6.07) is 3.78. The van der Waals surface area contributed by atoms with Crippen LogP contribution in [0.4, 0.5) is 5.82 Å². The van der Waals surface area contributed by atoms with Crippen molar-refractivity contribution in [1.82, 2.24) is 9.88 Å². The van der Waals surface area contributed by atoms with Gasteiger partial charge < -0.3 is 10.3 Å². The van der Waals surface area contributed by atoms with Crippen molar-refractivity contribution in [2.24, 2.45) is 5.84 Å². The zero-order valence-corrected chi connectivity index (χ0v) is 14.2. The quantitative estimate of drug-likeness (QED) is 0.570. The van der Waals surface area contributed by atoms with Crippen molar-refractivity contribution >= 4 is 23.5 Å². The van der Waals surface area contributed by atoms with Gasteiger partial charge >= 0.3 is 0 Å². The summed E-state index contributed by atoms with van der Waals surface area (Å²) in [5.41, 5.74) is 4.07. The van der Waals surface area contributed by atoms with Crippen LogP contribution in [-0.2, 0) is 6.42 Å². The number of anilines is 1. The Morgan fingerprint density at radius 1 is 1.52 bits per heavy atom. The predicted molar refractivity (Wildman–Crippen MR) is 90.6 cm³/mol. The second kappa shape index (κ2) is 8.89. The molecule has 1 heterocycles. The minimum atomic E-state index is 0.0138. The molecule has 0 saturated carbocycles. The number of hydrogen-bond acceptors (Lipinski definition) is 5. The summed E-state index contributed by atoms with van der Waals surface area (Å²) in [5, 5.41) is 0. The molecule has 1 rings (SSSR count). The van der Waals surface area contributed by atoms with Crippen molar-refractivity contribution in [2.75, 3.05) is 24.5 Å². The molecule has 0 aliphatic heterocycles. The molecule has 0 radical (unpaired) electrons. The number of nitrogens with zero attached hydrogens (tertiary/aromatic N) is 2. The number of thioether (sulfide) groups is 1. The molecule has 3 N–H and O–H groups in total. The van der Waals surface area contributed by atoms with Crippen molar-refractivity contribution < 1.29 is 4.79 Å². The predicted octanol–water partition coefficient (Wildman–Crippen LogP) is 2.53. The summed E-state index contributed by atoms with van der Waals surface area (Å²) in [6.07, 6.45) is 4.88. The van der Waals surface area contributed by atoms with Crippen molar-refractivity contribution in [3.8, 4) is 0 Å². The standard InChI is InChI=1S/C15H26N4OS/c1-5-6-13-9-12(10-14(17-13)18-16)15(20)19(3)11(2)7-8-21-4/h9-11H,5-8,16H2,1-4H3,(H,17,18). The number of aromatic nitrogens is 1. The van der Waals surface area contributed by atoms with E-state index < -0.39 is 0 Å². The Morgan fingerprint density at radius 2 is 2.24 bits per heavy atom. The van der Waals surface area contributed by atoms with E-state index in [2.05, 4.69) is 30.5 Å². The summed E-state index contributed by atoms with van der Waals surface area (Å²) >= 11 is 1.80. The highest BCUT2D eigenvalue weighted by atomic mass is 32.2. The van der Waals surface area contributed by atoms with Gasteiger partial charge in [0.1, 0.15) is 5.82 Å². The number of pyridine rings is 1. The topological polar surface area (TPSA) is 71.2 Å². The monoisotopic (exact) mass is 310 g/mol. The Bertz CT molecular complexity index is 467. The molecule has 0 aromatic carbocycles. The fraction of sp³-hybridized carbons (Fsp3) is 0.600. The van der Waals surface area contributed by atoms with Gasteiger partial charge in [-0.15, -0.1) is 0 Å². The molecule has 118 valence electrons. The van der Waals surface area contributed by atoms with Crippen LogP contribution in [0.2, 0.25) is 0 Å². The highest BCUT2D eigenvalue weighted by Gasteiger charge is 2.18. The molecule has 1 atom stereocenters. The van der Waals surface area contributed by atoms with Gasteiger partial charge in [-0.1, -0.05) is 13.3 Å². The maximum atomic E-state index is 12.6. The van der Waals surface area contributed by atoms with E-state index in [1.54, 1.807) is 22.7 Å².